The van der Waals surface area contributed by atoms with Gasteiger partial charge in [-0.1, -0.05) is 29.8 Å². The minimum absolute atomic E-state index is 0.00542. The first-order chi connectivity index (χ1) is 10.1. The van der Waals surface area contributed by atoms with Gasteiger partial charge >= 0.3 is 6.09 Å². The molecule has 0 aliphatic carbocycles. The van der Waals surface area contributed by atoms with E-state index in [1.165, 1.54) is 18.2 Å². The average Bonchev–Trinajstić information content (AvgIpc) is 2.48. The molecular weight excluding hydrogens is 266 g/mol. The van der Waals surface area contributed by atoms with Gasteiger partial charge < -0.3 is 10.1 Å². The second-order valence-electron chi connectivity index (χ2n) is 5.53. The van der Waals surface area contributed by atoms with E-state index in [1.807, 2.05) is 0 Å². The SMILES string of the molecule is COC(=O)NC1CC(c2ccc(C)cc2)CN(CC#N)C1. The third-order valence-corrected chi connectivity index (χ3v) is 3.88. The molecule has 2 atom stereocenters. The largest absolute Gasteiger partial charge is 0.453 e. The number of nitrogens with one attached hydrogen (secondary N) is 1. The van der Waals surface area contributed by atoms with Gasteiger partial charge in [-0.3, -0.25) is 4.90 Å². The molecule has 5 nitrogen and oxygen atoms in total. The van der Waals surface area contributed by atoms with E-state index >= 15 is 0 Å². The van der Waals surface area contributed by atoms with Gasteiger partial charge in [0.15, 0.2) is 0 Å². The molecule has 21 heavy (non-hydrogen) atoms. The number of methoxy groups -OCH3 is 1. The number of likely N-dealkylation sites (tertiary alicyclic amines) is 1. The Morgan fingerprint density at radius 3 is 2.76 bits per heavy atom. The van der Waals surface area contributed by atoms with Crippen LogP contribution in [0.1, 0.15) is 23.5 Å². The lowest BCUT2D eigenvalue weighted by molar-refractivity contribution is 0.146. The zero-order valence-electron chi connectivity index (χ0n) is 12.5. The fraction of sp³-hybridized carbons (Fsp3) is 0.500. The monoisotopic (exact) mass is 287 g/mol. The summed E-state index contributed by atoms with van der Waals surface area (Å²) in [6.07, 6.45) is 0.446. The van der Waals surface area contributed by atoms with E-state index in [-0.39, 0.29) is 6.04 Å². The molecule has 1 saturated heterocycles. The van der Waals surface area contributed by atoms with Crippen molar-refractivity contribution in [1.29, 1.82) is 5.26 Å². The Morgan fingerprint density at radius 2 is 2.14 bits per heavy atom. The van der Waals surface area contributed by atoms with Gasteiger partial charge in [0, 0.05) is 19.1 Å². The Bertz CT molecular complexity index is 521. The Labute approximate surface area is 125 Å². The highest BCUT2D eigenvalue weighted by molar-refractivity contribution is 5.67. The first-order valence-corrected chi connectivity index (χ1v) is 7.12. The summed E-state index contributed by atoms with van der Waals surface area (Å²) in [5.41, 5.74) is 2.48. The van der Waals surface area contributed by atoms with Crippen LogP contribution in [0.3, 0.4) is 0 Å². The van der Waals surface area contributed by atoms with Crippen molar-refractivity contribution in [2.45, 2.75) is 25.3 Å². The number of alkyl carbamates (subject to hydrolysis) is 1. The number of benzene rings is 1. The zero-order chi connectivity index (χ0) is 15.2. The van der Waals surface area contributed by atoms with Crippen LogP contribution < -0.4 is 5.32 Å². The van der Waals surface area contributed by atoms with Crippen molar-refractivity contribution in [2.24, 2.45) is 0 Å². The van der Waals surface area contributed by atoms with E-state index in [0.29, 0.717) is 19.0 Å². The number of ether oxygens (including phenoxy) is 1. The normalized spacial score (nSPS) is 22.3. The molecule has 0 aromatic heterocycles. The van der Waals surface area contributed by atoms with Crippen molar-refractivity contribution >= 4 is 6.09 Å². The van der Waals surface area contributed by atoms with Crippen LogP contribution in [0.2, 0.25) is 0 Å². The number of amides is 1. The van der Waals surface area contributed by atoms with Gasteiger partial charge in [-0.2, -0.15) is 5.26 Å². The summed E-state index contributed by atoms with van der Waals surface area (Å²) >= 11 is 0. The van der Waals surface area contributed by atoms with Gasteiger partial charge in [0.1, 0.15) is 0 Å². The van der Waals surface area contributed by atoms with Gasteiger partial charge in [0.2, 0.25) is 0 Å². The zero-order valence-corrected chi connectivity index (χ0v) is 12.5. The van der Waals surface area contributed by atoms with Crippen LogP contribution in [-0.2, 0) is 4.74 Å². The van der Waals surface area contributed by atoms with Crippen LogP contribution in [0.5, 0.6) is 0 Å². The van der Waals surface area contributed by atoms with Gasteiger partial charge in [-0.25, -0.2) is 4.79 Å². The molecule has 1 aromatic rings. The number of hydrogen-bond acceptors (Lipinski definition) is 4. The number of rotatable bonds is 3. The highest BCUT2D eigenvalue weighted by atomic mass is 16.5. The van der Waals surface area contributed by atoms with E-state index in [9.17, 15) is 4.79 Å². The molecule has 1 fully saturated rings. The quantitative estimate of drug-likeness (QED) is 0.864. The van der Waals surface area contributed by atoms with Crippen molar-refractivity contribution < 1.29 is 9.53 Å². The third kappa shape index (κ3) is 4.20. The Balaban J connectivity index is 2.10. The Hall–Kier alpha value is -2.06. The number of nitriles is 1. The number of nitrogens with zero attached hydrogens (tertiary/aromatic N) is 2. The maximum Gasteiger partial charge on any atom is 0.407 e. The number of hydrogen-bond donors (Lipinski definition) is 1. The van der Waals surface area contributed by atoms with Crippen molar-refractivity contribution in [3.05, 3.63) is 35.4 Å². The summed E-state index contributed by atoms with van der Waals surface area (Å²) in [6, 6.07) is 10.7. The van der Waals surface area contributed by atoms with E-state index in [2.05, 4.69) is 52.2 Å². The van der Waals surface area contributed by atoms with Crippen LogP contribution in [0.4, 0.5) is 4.79 Å². The fourth-order valence-electron chi connectivity index (χ4n) is 2.83. The fourth-order valence-corrected chi connectivity index (χ4v) is 2.83. The van der Waals surface area contributed by atoms with Crippen LogP contribution in [-0.4, -0.2) is 43.8 Å². The van der Waals surface area contributed by atoms with Gasteiger partial charge in [0.25, 0.3) is 0 Å². The smallest absolute Gasteiger partial charge is 0.407 e. The molecule has 1 aliphatic rings. The van der Waals surface area contributed by atoms with Crippen LogP contribution >= 0.6 is 0 Å². The summed E-state index contributed by atoms with van der Waals surface area (Å²) in [6.45, 7) is 3.97. The molecule has 0 saturated carbocycles. The molecule has 2 rings (SSSR count). The molecule has 2 unspecified atom stereocenters. The van der Waals surface area contributed by atoms with Crippen molar-refractivity contribution in [2.75, 3.05) is 26.7 Å². The first-order valence-electron chi connectivity index (χ1n) is 7.12. The van der Waals surface area contributed by atoms with Crippen molar-refractivity contribution in [3.63, 3.8) is 0 Å². The highest BCUT2D eigenvalue weighted by Gasteiger charge is 2.29. The highest BCUT2D eigenvalue weighted by Crippen LogP contribution is 2.27. The van der Waals surface area contributed by atoms with Crippen LogP contribution in [0.25, 0.3) is 0 Å². The predicted octanol–water partition coefficient (Wildman–Crippen LogP) is 2.03. The number of piperidine rings is 1. The van der Waals surface area contributed by atoms with E-state index < -0.39 is 6.09 Å². The summed E-state index contributed by atoms with van der Waals surface area (Å²) in [7, 11) is 1.36. The van der Waals surface area contributed by atoms with Crippen molar-refractivity contribution in [1.82, 2.24) is 10.2 Å². The van der Waals surface area contributed by atoms with E-state index in [1.54, 1.807) is 0 Å². The second-order valence-corrected chi connectivity index (χ2v) is 5.53. The summed E-state index contributed by atoms with van der Waals surface area (Å²) in [5, 5.41) is 11.8. The summed E-state index contributed by atoms with van der Waals surface area (Å²) < 4.78 is 4.67. The minimum atomic E-state index is -0.415. The second kappa shape index (κ2) is 7.09. The topological polar surface area (TPSA) is 65.4 Å². The van der Waals surface area contributed by atoms with Crippen molar-refractivity contribution in [3.8, 4) is 6.07 Å². The molecule has 1 amide bonds. The molecule has 5 heteroatoms. The van der Waals surface area contributed by atoms with Gasteiger partial charge in [-0.05, 0) is 24.8 Å². The molecule has 112 valence electrons. The molecule has 0 spiro atoms. The lowest BCUT2D eigenvalue weighted by atomic mass is 9.87. The molecule has 1 aliphatic heterocycles. The van der Waals surface area contributed by atoms with E-state index in [4.69, 9.17) is 5.26 Å². The number of carbonyl (C=O) groups excluding carboxylic acids is 1. The number of aryl methyl sites for hydroxylation is 1. The first kappa shape index (κ1) is 15.3. The maximum absolute atomic E-state index is 11.4. The third-order valence-electron chi connectivity index (χ3n) is 3.88. The molecule has 1 aromatic carbocycles. The Kier molecular flexibility index (Phi) is 5.18. The predicted molar refractivity (Wildman–Crippen MR) is 79.9 cm³/mol. The summed E-state index contributed by atoms with van der Waals surface area (Å²) in [5.74, 6) is 0.315. The molecule has 1 heterocycles. The molecule has 1 N–H and O–H groups in total. The van der Waals surface area contributed by atoms with Crippen LogP contribution in [0.15, 0.2) is 24.3 Å². The van der Waals surface area contributed by atoms with Gasteiger partial charge in [-0.15, -0.1) is 0 Å². The van der Waals surface area contributed by atoms with Crippen LogP contribution in [0, 0.1) is 18.3 Å². The van der Waals surface area contributed by atoms with E-state index in [0.717, 1.165) is 13.0 Å². The lowest BCUT2D eigenvalue weighted by Crippen LogP contribution is -2.50. The lowest BCUT2D eigenvalue weighted by Gasteiger charge is -2.37. The molecular formula is C16H21N3O2. The molecule has 0 radical (unpaired) electrons. The Morgan fingerprint density at radius 1 is 1.43 bits per heavy atom. The minimum Gasteiger partial charge on any atom is -0.453 e. The number of carbonyl (C=O) groups is 1. The average molecular weight is 287 g/mol. The van der Waals surface area contributed by atoms with Gasteiger partial charge in [0.05, 0.1) is 19.7 Å². The summed E-state index contributed by atoms with van der Waals surface area (Å²) in [4.78, 5) is 13.5. The maximum atomic E-state index is 11.4. The standard InChI is InChI=1S/C16H21N3O2/c1-12-3-5-13(6-4-12)14-9-15(18-16(20)21-2)11-19(10-14)8-7-17/h3-6,14-15H,8-11H2,1-2H3,(H,18,20). The molecule has 0 bridgehead atoms.